The second-order valence-corrected chi connectivity index (χ2v) is 9.95. The summed E-state index contributed by atoms with van der Waals surface area (Å²) in [6.45, 7) is 3.94. The minimum Gasteiger partial charge on any atom is -0.507 e. The zero-order chi connectivity index (χ0) is 27.1. The maximum absolute atomic E-state index is 13.6. The summed E-state index contributed by atoms with van der Waals surface area (Å²) < 4.78 is 11.9. The molecule has 4 aromatic rings. The molecule has 1 amide bonds. The van der Waals surface area contributed by atoms with E-state index in [1.54, 1.807) is 18.2 Å². The van der Waals surface area contributed by atoms with Gasteiger partial charge >= 0.3 is 0 Å². The summed E-state index contributed by atoms with van der Waals surface area (Å²) in [6, 6.07) is 28.5. The molecule has 0 aromatic heterocycles. The summed E-state index contributed by atoms with van der Waals surface area (Å²) >= 11 is 0. The van der Waals surface area contributed by atoms with Crippen LogP contribution in [0.25, 0.3) is 5.76 Å². The van der Waals surface area contributed by atoms with E-state index in [-0.39, 0.29) is 17.4 Å². The lowest BCUT2D eigenvalue weighted by Gasteiger charge is -2.26. The van der Waals surface area contributed by atoms with Crippen LogP contribution in [0.1, 0.15) is 35.2 Å². The number of benzene rings is 4. The Balaban J connectivity index is 1.49. The van der Waals surface area contributed by atoms with Crippen molar-refractivity contribution in [3.63, 3.8) is 0 Å². The van der Waals surface area contributed by atoms with E-state index in [0.29, 0.717) is 34.7 Å². The van der Waals surface area contributed by atoms with Crippen LogP contribution in [0.2, 0.25) is 0 Å². The number of hydrogen-bond donors (Lipinski definition) is 1. The molecule has 2 aliphatic heterocycles. The van der Waals surface area contributed by atoms with Crippen molar-refractivity contribution in [3.8, 4) is 17.2 Å². The number of aliphatic hydroxyl groups is 1. The number of ether oxygens (including phenoxy) is 2. The molecular weight excluding hydrogens is 490 g/mol. The molecule has 6 nitrogen and oxygen atoms in total. The van der Waals surface area contributed by atoms with E-state index in [4.69, 9.17) is 9.47 Å². The van der Waals surface area contributed by atoms with Crippen molar-refractivity contribution in [3.05, 3.63) is 125 Å². The SMILES string of the molecule is Cc1ccc(N2C(=O)C(=O)/C(=C(\O)c3ccc4c(c3)CC(C)O4)C2c2cccc(Oc3ccccc3)c2)cc1. The molecule has 1 fully saturated rings. The molecule has 2 heterocycles. The first kappa shape index (κ1) is 24.5. The lowest BCUT2D eigenvalue weighted by atomic mass is 9.94. The number of Topliss-reactive ketones (excluding diaryl/α,β-unsaturated/α-hetero) is 1. The van der Waals surface area contributed by atoms with Crippen LogP contribution < -0.4 is 14.4 Å². The van der Waals surface area contributed by atoms with E-state index >= 15 is 0 Å². The minimum absolute atomic E-state index is 0.0318. The predicted octanol–water partition coefficient (Wildman–Crippen LogP) is 6.74. The first-order chi connectivity index (χ1) is 18.9. The van der Waals surface area contributed by atoms with Crippen molar-refractivity contribution in [1.29, 1.82) is 0 Å². The highest BCUT2D eigenvalue weighted by Gasteiger charge is 2.47. The fraction of sp³-hybridized carbons (Fsp3) is 0.152. The van der Waals surface area contributed by atoms with Crippen LogP contribution in [-0.4, -0.2) is 22.9 Å². The quantitative estimate of drug-likeness (QED) is 0.180. The Morgan fingerprint density at radius 2 is 1.64 bits per heavy atom. The third-order valence-electron chi connectivity index (χ3n) is 7.08. The highest BCUT2D eigenvalue weighted by Crippen LogP contribution is 2.43. The van der Waals surface area contributed by atoms with Gasteiger partial charge in [-0.15, -0.1) is 0 Å². The Hall–Kier alpha value is -4.84. The van der Waals surface area contributed by atoms with Gasteiger partial charge in [0.15, 0.2) is 0 Å². The Labute approximate surface area is 226 Å². The Morgan fingerprint density at radius 3 is 2.41 bits per heavy atom. The number of nitrogens with zero attached hydrogens (tertiary/aromatic N) is 1. The fourth-order valence-corrected chi connectivity index (χ4v) is 5.22. The number of carbonyl (C=O) groups excluding carboxylic acids is 2. The van der Waals surface area contributed by atoms with Gasteiger partial charge in [0, 0.05) is 17.7 Å². The number of ketones is 1. The first-order valence-electron chi connectivity index (χ1n) is 12.9. The fourth-order valence-electron chi connectivity index (χ4n) is 5.22. The average molecular weight is 518 g/mol. The number of amides is 1. The summed E-state index contributed by atoms with van der Waals surface area (Å²) in [6.07, 6.45) is 0.744. The van der Waals surface area contributed by atoms with Crippen LogP contribution in [0.4, 0.5) is 5.69 Å². The molecule has 0 saturated carbocycles. The summed E-state index contributed by atoms with van der Waals surface area (Å²) in [5.41, 5.74) is 3.69. The standard InChI is InChI=1S/C33H27NO5/c1-20-11-14-25(15-12-20)34-30(22-7-6-10-27(19-22)39-26-8-4-3-5-9-26)29(32(36)33(34)37)31(35)23-13-16-28-24(18-23)17-21(2)38-28/h3-16,18-19,21,30,35H,17H2,1-2H3/b31-29-. The minimum atomic E-state index is -0.851. The Bertz CT molecular complexity index is 1610. The van der Waals surface area contributed by atoms with Gasteiger partial charge in [0.1, 0.15) is 29.1 Å². The molecule has 6 heteroatoms. The molecule has 2 atom stereocenters. The predicted molar refractivity (Wildman–Crippen MR) is 149 cm³/mol. The third kappa shape index (κ3) is 4.55. The van der Waals surface area contributed by atoms with Gasteiger partial charge in [-0.1, -0.05) is 48.0 Å². The van der Waals surface area contributed by atoms with Crippen molar-refractivity contribution in [2.75, 3.05) is 4.90 Å². The largest absolute Gasteiger partial charge is 0.507 e. The van der Waals surface area contributed by atoms with Gasteiger partial charge in [0.05, 0.1) is 11.6 Å². The van der Waals surface area contributed by atoms with Crippen LogP contribution in [0.3, 0.4) is 0 Å². The molecule has 1 N–H and O–H groups in total. The second kappa shape index (κ2) is 9.80. The van der Waals surface area contributed by atoms with E-state index in [0.717, 1.165) is 16.9 Å². The average Bonchev–Trinajstić information content (AvgIpc) is 3.45. The van der Waals surface area contributed by atoms with Crippen molar-refractivity contribution >= 4 is 23.1 Å². The maximum Gasteiger partial charge on any atom is 0.300 e. The molecule has 1 saturated heterocycles. The second-order valence-electron chi connectivity index (χ2n) is 9.95. The van der Waals surface area contributed by atoms with Gasteiger partial charge in [-0.25, -0.2) is 0 Å². The molecular formula is C33H27NO5. The monoisotopic (exact) mass is 517 g/mol. The van der Waals surface area contributed by atoms with Crippen LogP contribution in [0, 0.1) is 6.92 Å². The molecule has 0 bridgehead atoms. The third-order valence-corrected chi connectivity index (χ3v) is 7.08. The number of fused-ring (bicyclic) bond motifs is 1. The number of anilines is 1. The van der Waals surface area contributed by atoms with Crippen LogP contribution in [0.5, 0.6) is 17.2 Å². The van der Waals surface area contributed by atoms with E-state index in [2.05, 4.69) is 0 Å². The number of rotatable bonds is 5. The number of para-hydroxylation sites is 1. The van der Waals surface area contributed by atoms with Crippen LogP contribution in [-0.2, 0) is 16.0 Å². The van der Waals surface area contributed by atoms with Gasteiger partial charge < -0.3 is 14.6 Å². The molecule has 2 unspecified atom stereocenters. The van der Waals surface area contributed by atoms with Crippen LogP contribution in [0.15, 0.2) is 103 Å². The van der Waals surface area contributed by atoms with Crippen molar-refractivity contribution in [2.45, 2.75) is 32.4 Å². The number of aliphatic hydroxyl groups excluding tert-OH is 1. The van der Waals surface area contributed by atoms with Gasteiger partial charge in [-0.05, 0) is 79.6 Å². The molecule has 2 aliphatic rings. The molecule has 0 spiro atoms. The Kier molecular flexibility index (Phi) is 6.15. The van der Waals surface area contributed by atoms with Crippen molar-refractivity contribution in [2.24, 2.45) is 0 Å². The molecule has 0 aliphatic carbocycles. The maximum atomic E-state index is 13.6. The lowest BCUT2D eigenvalue weighted by molar-refractivity contribution is -0.132. The van der Waals surface area contributed by atoms with Gasteiger partial charge in [-0.3, -0.25) is 14.5 Å². The molecule has 39 heavy (non-hydrogen) atoms. The summed E-state index contributed by atoms with van der Waals surface area (Å²) in [5.74, 6) is 0.329. The Morgan fingerprint density at radius 1 is 0.897 bits per heavy atom. The summed E-state index contributed by atoms with van der Waals surface area (Å²) in [7, 11) is 0. The molecule has 4 aromatic carbocycles. The zero-order valence-electron chi connectivity index (χ0n) is 21.6. The summed E-state index contributed by atoms with van der Waals surface area (Å²) in [5, 5.41) is 11.6. The van der Waals surface area contributed by atoms with Crippen LogP contribution >= 0.6 is 0 Å². The highest BCUT2D eigenvalue weighted by atomic mass is 16.5. The van der Waals surface area contributed by atoms with Gasteiger partial charge in [0.25, 0.3) is 11.7 Å². The topological polar surface area (TPSA) is 76.1 Å². The van der Waals surface area contributed by atoms with E-state index in [1.807, 2.05) is 92.7 Å². The van der Waals surface area contributed by atoms with E-state index < -0.39 is 17.7 Å². The molecule has 6 rings (SSSR count). The summed E-state index contributed by atoms with van der Waals surface area (Å²) in [4.78, 5) is 28.5. The molecule has 0 radical (unpaired) electrons. The smallest absolute Gasteiger partial charge is 0.300 e. The molecule has 194 valence electrons. The zero-order valence-corrected chi connectivity index (χ0v) is 21.6. The van der Waals surface area contributed by atoms with Crippen molar-refractivity contribution < 1.29 is 24.2 Å². The van der Waals surface area contributed by atoms with Gasteiger partial charge in [-0.2, -0.15) is 0 Å². The van der Waals surface area contributed by atoms with Crippen molar-refractivity contribution in [1.82, 2.24) is 0 Å². The van der Waals surface area contributed by atoms with E-state index in [1.165, 1.54) is 4.90 Å². The number of aryl methyl sites for hydroxylation is 1. The lowest BCUT2D eigenvalue weighted by Crippen LogP contribution is -2.29. The first-order valence-corrected chi connectivity index (χ1v) is 12.9. The van der Waals surface area contributed by atoms with Gasteiger partial charge in [0.2, 0.25) is 0 Å². The number of hydrogen-bond acceptors (Lipinski definition) is 5. The highest BCUT2D eigenvalue weighted by molar-refractivity contribution is 6.51. The van der Waals surface area contributed by atoms with E-state index in [9.17, 15) is 14.7 Å². The normalized spacial score (nSPS) is 19.6. The number of carbonyl (C=O) groups is 2.